The summed E-state index contributed by atoms with van der Waals surface area (Å²) < 4.78 is 0. The largest absolute Gasteiger partial charge is 0.344 e. The lowest BCUT2D eigenvalue weighted by atomic mass is 9.81. The van der Waals surface area contributed by atoms with Gasteiger partial charge in [0.05, 0.1) is 0 Å². The highest BCUT2D eigenvalue weighted by molar-refractivity contribution is 5.91. The van der Waals surface area contributed by atoms with Crippen LogP contribution in [0.2, 0.25) is 0 Å². The van der Waals surface area contributed by atoms with E-state index >= 15 is 0 Å². The molecule has 1 heterocycles. The smallest absolute Gasteiger partial charge is 0.324 e. The van der Waals surface area contributed by atoms with Crippen LogP contribution in [0.5, 0.6) is 0 Å². The number of hydrogen-bond donors (Lipinski definition) is 1. The Bertz CT molecular complexity index is 905. The number of hydrogen-bond acceptors (Lipinski definition) is 4. The second-order valence-corrected chi connectivity index (χ2v) is 10.4. The number of rotatable bonds is 8. The van der Waals surface area contributed by atoms with E-state index in [-0.39, 0.29) is 11.0 Å². The number of amidine groups is 1. The molecule has 1 unspecified atom stereocenters. The molecular weight excluding hydrogens is 442 g/mol. The summed E-state index contributed by atoms with van der Waals surface area (Å²) in [6.07, 6.45) is 13.7. The molecule has 0 spiro atoms. The summed E-state index contributed by atoms with van der Waals surface area (Å²) in [6, 6.07) is 9.15. The molecule has 1 N–H and O–H groups in total. The van der Waals surface area contributed by atoms with Gasteiger partial charge in [-0.25, -0.2) is 4.79 Å². The molecule has 190 valence electrons. The first-order valence-corrected chi connectivity index (χ1v) is 13.2. The van der Waals surface area contributed by atoms with E-state index < -0.39 is 6.04 Å². The highest BCUT2D eigenvalue weighted by atomic mass is 16.6. The molecule has 1 aromatic rings. The number of benzene rings is 1. The van der Waals surface area contributed by atoms with Crippen molar-refractivity contribution in [3.63, 3.8) is 0 Å². The Hall–Kier alpha value is -2.90. The molecule has 4 rings (SSSR count). The number of anilines is 1. The van der Waals surface area contributed by atoms with E-state index in [4.69, 9.17) is 0 Å². The molecule has 1 atom stereocenters. The van der Waals surface area contributed by atoms with Gasteiger partial charge in [-0.3, -0.25) is 20.0 Å². The van der Waals surface area contributed by atoms with E-state index in [9.17, 15) is 14.9 Å². The van der Waals surface area contributed by atoms with Gasteiger partial charge in [0.25, 0.3) is 6.04 Å². The maximum Gasteiger partial charge on any atom is 0.324 e. The minimum atomic E-state index is -0.840. The van der Waals surface area contributed by atoms with Crippen LogP contribution in [0.15, 0.2) is 47.6 Å². The normalized spacial score (nSPS) is 25.9. The second-order valence-electron chi connectivity index (χ2n) is 10.4. The molecule has 8 nitrogen and oxygen atoms in total. The van der Waals surface area contributed by atoms with Crippen LogP contribution in [-0.4, -0.2) is 54.4 Å². The third kappa shape index (κ3) is 6.83. The van der Waals surface area contributed by atoms with Crippen LogP contribution in [0.4, 0.5) is 10.5 Å². The summed E-state index contributed by atoms with van der Waals surface area (Å²) in [5.74, 6) is 1.99. The van der Waals surface area contributed by atoms with Gasteiger partial charge in [0.1, 0.15) is 0 Å². The Labute approximate surface area is 208 Å². The van der Waals surface area contributed by atoms with Gasteiger partial charge in [-0.1, -0.05) is 37.5 Å². The Morgan fingerprint density at radius 2 is 1.63 bits per heavy atom. The predicted molar refractivity (Wildman–Crippen MR) is 139 cm³/mol. The molecule has 0 saturated heterocycles. The van der Waals surface area contributed by atoms with E-state index in [0.717, 1.165) is 44.5 Å². The number of carbonyl (C=O) groups is 1. The van der Waals surface area contributed by atoms with Gasteiger partial charge in [-0.2, -0.15) is 0 Å². The molecule has 1 aromatic carbocycles. The SMILES string of the molecule is CN(C(=O)N(CC1CCCCC1)CC1CCC(CN=C2NC=CC2[N+](=O)[O-])CC1)c1ccccc1. The lowest BCUT2D eigenvalue weighted by Crippen LogP contribution is -2.46. The molecule has 8 heteroatoms. The molecule has 0 radical (unpaired) electrons. The van der Waals surface area contributed by atoms with Crippen molar-refractivity contribution in [1.29, 1.82) is 0 Å². The zero-order valence-electron chi connectivity index (χ0n) is 20.8. The molecule has 2 aliphatic carbocycles. The van der Waals surface area contributed by atoms with Crippen LogP contribution in [-0.2, 0) is 0 Å². The van der Waals surface area contributed by atoms with E-state index in [1.54, 1.807) is 17.2 Å². The number of para-hydroxylation sites is 1. The molecule has 2 saturated carbocycles. The van der Waals surface area contributed by atoms with Crippen molar-refractivity contribution in [2.45, 2.75) is 63.8 Å². The van der Waals surface area contributed by atoms with Gasteiger partial charge in [-0.15, -0.1) is 0 Å². The van der Waals surface area contributed by atoms with Gasteiger partial charge in [0.15, 0.2) is 5.84 Å². The molecule has 3 aliphatic rings. The van der Waals surface area contributed by atoms with Crippen molar-refractivity contribution in [1.82, 2.24) is 10.2 Å². The number of nitrogens with zero attached hydrogens (tertiary/aromatic N) is 4. The minimum absolute atomic E-state index is 0.0981. The van der Waals surface area contributed by atoms with Crippen molar-refractivity contribution >= 4 is 17.6 Å². The van der Waals surface area contributed by atoms with Crippen LogP contribution in [0.1, 0.15) is 57.8 Å². The van der Waals surface area contributed by atoms with Gasteiger partial charge < -0.3 is 10.2 Å². The molecule has 1 aliphatic heterocycles. The molecule has 2 amide bonds. The van der Waals surface area contributed by atoms with Crippen molar-refractivity contribution < 1.29 is 9.72 Å². The number of carbonyl (C=O) groups excluding carboxylic acids is 1. The summed E-state index contributed by atoms with van der Waals surface area (Å²) in [5, 5.41) is 14.1. The van der Waals surface area contributed by atoms with E-state index in [2.05, 4.69) is 15.2 Å². The Kier molecular flexibility index (Phi) is 8.77. The fraction of sp³-hybridized carbons (Fsp3) is 0.630. The van der Waals surface area contributed by atoms with Crippen LogP contribution >= 0.6 is 0 Å². The quantitative estimate of drug-likeness (QED) is 0.413. The summed E-state index contributed by atoms with van der Waals surface area (Å²) in [6.45, 7) is 2.29. The number of aliphatic imine (C=N–C) groups is 1. The molecule has 0 bridgehead atoms. The molecule has 2 fully saturated rings. The van der Waals surface area contributed by atoms with Crippen molar-refractivity contribution in [2.75, 3.05) is 31.6 Å². The molecule has 0 aromatic heterocycles. The standard InChI is InChI=1S/C27H39N5O3/c1-30(24-10-6-3-7-11-24)27(33)31(19-22-8-4-2-5-9-22)20-23-14-12-21(13-15-23)18-29-26-25(32(34)35)16-17-28-26/h3,6-7,10-11,16-17,21-23,25H,2,4-5,8-9,12-15,18-20H2,1H3,(H,28,29). The van der Waals surface area contributed by atoms with Gasteiger partial charge in [0, 0.05) is 49.6 Å². The highest BCUT2D eigenvalue weighted by Crippen LogP contribution is 2.31. The maximum absolute atomic E-state index is 13.6. The van der Waals surface area contributed by atoms with Gasteiger partial charge in [0.2, 0.25) is 0 Å². The highest BCUT2D eigenvalue weighted by Gasteiger charge is 2.30. The first-order chi connectivity index (χ1) is 17.0. The fourth-order valence-corrected chi connectivity index (χ4v) is 5.73. The average molecular weight is 482 g/mol. The van der Waals surface area contributed by atoms with Crippen LogP contribution in [0.3, 0.4) is 0 Å². The van der Waals surface area contributed by atoms with E-state index in [1.807, 2.05) is 37.4 Å². The van der Waals surface area contributed by atoms with Gasteiger partial charge >= 0.3 is 6.03 Å². The van der Waals surface area contributed by atoms with Crippen LogP contribution in [0, 0.1) is 27.9 Å². The Balaban J connectivity index is 1.33. The maximum atomic E-state index is 13.6. The first kappa shape index (κ1) is 25.2. The fourth-order valence-electron chi connectivity index (χ4n) is 5.73. The van der Waals surface area contributed by atoms with Gasteiger partial charge in [-0.05, 0) is 68.4 Å². The minimum Gasteiger partial charge on any atom is -0.344 e. The Morgan fingerprint density at radius 3 is 2.29 bits per heavy atom. The summed E-state index contributed by atoms with van der Waals surface area (Å²) in [5.41, 5.74) is 0.928. The van der Waals surface area contributed by atoms with Crippen LogP contribution in [0.25, 0.3) is 0 Å². The zero-order chi connectivity index (χ0) is 24.6. The summed E-state index contributed by atoms with van der Waals surface area (Å²) in [4.78, 5) is 32.8. The lowest BCUT2D eigenvalue weighted by molar-refractivity contribution is -0.490. The topological polar surface area (TPSA) is 91.1 Å². The number of urea groups is 1. The molecular formula is C27H39N5O3. The van der Waals surface area contributed by atoms with Crippen LogP contribution < -0.4 is 10.2 Å². The van der Waals surface area contributed by atoms with Crippen molar-refractivity contribution in [3.8, 4) is 0 Å². The summed E-state index contributed by atoms with van der Waals surface area (Å²) in [7, 11) is 1.88. The second kappa shape index (κ2) is 12.2. The third-order valence-electron chi connectivity index (χ3n) is 7.89. The van der Waals surface area contributed by atoms with E-state index in [0.29, 0.717) is 30.1 Å². The first-order valence-electron chi connectivity index (χ1n) is 13.2. The average Bonchev–Trinajstić information content (AvgIpc) is 3.37. The summed E-state index contributed by atoms with van der Waals surface area (Å²) >= 11 is 0. The number of amides is 2. The van der Waals surface area contributed by atoms with Crippen molar-refractivity contribution in [3.05, 3.63) is 52.7 Å². The zero-order valence-corrected chi connectivity index (χ0v) is 20.8. The molecule has 35 heavy (non-hydrogen) atoms. The Morgan fingerprint density at radius 1 is 1.00 bits per heavy atom. The predicted octanol–water partition coefficient (Wildman–Crippen LogP) is 5.09. The lowest BCUT2D eigenvalue weighted by Gasteiger charge is -2.37. The third-order valence-corrected chi connectivity index (χ3v) is 7.89. The van der Waals surface area contributed by atoms with Crippen molar-refractivity contribution in [2.24, 2.45) is 22.7 Å². The number of nitro groups is 1. The number of nitrogens with one attached hydrogen (secondary N) is 1. The monoisotopic (exact) mass is 481 g/mol. The van der Waals surface area contributed by atoms with E-state index in [1.165, 1.54) is 32.1 Å².